The van der Waals surface area contributed by atoms with Crippen molar-refractivity contribution >= 4 is 33.8 Å². The summed E-state index contributed by atoms with van der Waals surface area (Å²) in [6, 6.07) is 7.92. The molecule has 0 aliphatic heterocycles. The Morgan fingerprint density at radius 3 is 2.41 bits per heavy atom. The average Bonchev–Trinajstić information content (AvgIpc) is 3.40. The van der Waals surface area contributed by atoms with Crippen molar-refractivity contribution in [2.24, 2.45) is 11.3 Å². The van der Waals surface area contributed by atoms with Crippen molar-refractivity contribution in [2.75, 3.05) is 10.6 Å². The van der Waals surface area contributed by atoms with Gasteiger partial charge in [-0.2, -0.15) is 13.2 Å². The van der Waals surface area contributed by atoms with E-state index in [0.717, 1.165) is 29.3 Å². The minimum atomic E-state index is -4.62. The lowest BCUT2D eigenvalue weighted by atomic mass is 9.72. The number of nitrogens with one attached hydrogen (secondary N) is 2. The number of carbonyl (C=O) groups excluding carboxylic acids is 2. The van der Waals surface area contributed by atoms with Crippen LogP contribution in [0.5, 0.6) is 0 Å². The fraction of sp³-hybridized carbons (Fsp3) is 0.360. The molecule has 9 heteroatoms. The Morgan fingerprint density at radius 2 is 1.76 bits per heavy atom. The first-order valence-electron chi connectivity index (χ1n) is 10.9. The minimum absolute atomic E-state index is 0.0628. The fourth-order valence-electron chi connectivity index (χ4n) is 4.25. The van der Waals surface area contributed by atoms with E-state index in [9.17, 15) is 22.8 Å². The van der Waals surface area contributed by atoms with E-state index in [1.165, 1.54) is 41.9 Å². The number of hydrogen-bond donors (Lipinski definition) is 2. The highest BCUT2D eigenvalue weighted by Gasteiger charge is 2.36. The molecule has 3 aromatic rings. The molecular formula is C25H25F3N2O3S. The Morgan fingerprint density at radius 1 is 1.03 bits per heavy atom. The number of amides is 2. The SMILES string of the molecule is CC(C)(C)[C@H]1CCc2c(sc(NC(=O)c3ccco3)c2C(=O)Nc2ccccc2C(F)(F)F)C1. The predicted molar refractivity (Wildman–Crippen MR) is 125 cm³/mol. The molecule has 2 heterocycles. The number of hydrogen-bond acceptors (Lipinski definition) is 4. The number of anilines is 2. The number of halogens is 3. The number of carbonyl (C=O) groups is 2. The van der Waals surface area contributed by atoms with Gasteiger partial charge in [-0.1, -0.05) is 32.9 Å². The van der Waals surface area contributed by atoms with E-state index in [0.29, 0.717) is 17.3 Å². The number of rotatable bonds is 4. The molecule has 0 saturated heterocycles. The van der Waals surface area contributed by atoms with E-state index in [1.807, 2.05) is 0 Å². The molecule has 0 fully saturated rings. The smallest absolute Gasteiger partial charge is 0.418 e. The van der Waals surface area contributed by atoms with Crippen LogP contribution in [-0.4, -0.2) is 11.8 Å². The van der Waals surface area contributed by atoms with Gasteiger partial charge in [0.05, 0.1) is 23.1 Å². The maximum absolute atomic E-state index is 13.5. The highest BCUT2D eigenvalue weighted by molar-refractivity contribution is 7.17. The predicted octanol–water partition coefficient (Wildman–Crippen LogP) is 7.02. The Balaban J connectivity index is 1.71. The van der Waals surface area contributed by atoms with Gasteiger partial charge >= 0.3 is 6.18 Å². The molecule has 0 unspecified atom stereocenters. The van der Waals surface area contributed by atoms with Gasteiger partial charge in [-0.25, -0.2) is 0 Å². The highest BCUT2D eigenvalue weighted by Crippen LogP contribution is 2.45. The molecule has 180 valence electrons. The zero-order valence-electron chi connectivity index (χ0n) is 19.0. The number of thiophene rings is 1. The number of benzene rings is 1. The van der Waals surface area contributed by atoms with Crippen LogP contribution in [0.4, 0.5) is 23.9 Å². The lowest BCUT2D eigenvalue weighted by molar-refractivity contribution is -0.136. The van der Waals surface area contributed by atoms with Crippen LogP contribution in [0.25, 0.3) is 0 Å². The molecule has 2 N–H and O–H groups in total. The summed E-state index contributed by atoms with van der Waals surface area (Å²) in [5.41, 5.74) is -0.201. The van der Waals surface area contributed by atoms with Crippen LogP contribution < -0.4 is 10.6 Å². The zero-order chi connectivity index (χ0) is 24.7. The molecule has 0 saturated carbocycles. The van der Waals surface area contributed by atoms with Gasteiger partial charge in [0.2, 0.25) is 0 Å². The number of alkyl halides is 3. The standard InChI is InChI=1S/C25H25F3N2O3S/c1-24(2,3)14-10-11-15-19(13-14)34-23(30-21(31)18-9-6-12-33-18)20(15)22(32)29-17-8-5-4-7-16(17)25(26,27)28/h4-9,12,14H,10-11,13H2,1-3H3,(H,29,32)(H,30,31)/t14-/m0/s1. The first kappa shape index (κ1) is 24.1. The molecule has 2 aromatic heterocycles. The zero-order valence-corrected chi connectivity index (χ0v) is 19.8. The van der Waals surface area contributed by atoms with E-state index in [2.05, 4.69) is 31.4 Å². The molecule has 0 bridgehead atoms. The van der Waals surface area contributed by atoms with Crippen LogP contribution in [0.15, 0.2) is 47.1 Å². The second-order valence-corrected chi connectivity index (χ2v) is 10.5. The van der Waals surface area contributed by atoms with E-state index >= 15 is 0 Å². The molecule has 4 rings (SSSR count). The monoisotopic (exact) mass is 490 g/mol. The van der Waals surface area contributed by atoms with Gasteiger partial charge in [0, 0.05) is 4.88 Å². The molecule has 2 amide bonds. The van der Waals surface area contributed by atoms with Gasteiger partial charge in [0.1, 0.15) is 5.00 Å². The molecule has 1 aromatic carbocycles. The number of para-hydroxylation sites is 1. The van der Waals surface area contributed by atoms with Crippen LogP contribution in [0, 0.1) is 11.3 Å². The molecular weight excluding hydrogens is 465 g/mol. The van der Waals surface area contributed by atoms with Crippen molar-refractivity contribution in [1.82, 2.24) is 0 Å². The van der Waals surface area contributed by atoms with Gasteiger partial charge in [0.15, 0.2) is 5.76 Å². The van der Waals surface area contributed by atoms with Crippen molar-refractivity contribution in [3.05, 3.63) is 70.0 Å². The topological polar surface area (TPSA) is 71.3 Å². The van der Waals surface area contributed by atoms with Crippen molar-refractivity contribution in [3.8, 4) is 0 Å². The van der Waals surface area contributed by atoms with Gasteiger partial charge in [-0.3, -0.25) is 9.59 Å². The molecule has 1 aliphatic carbocycles. The maximum Gasteiger partial charge on any atom is 0.418 e. The van der Waals surface area contributed by atoms with Crippen LogP contribution in [-0.2, 0) is 19.0 Å². The summed E-state index contributed by atoms with van der Waals surface area (Å²) in [4.78, 5) is 27.0. The first-order chi connectivity index (χ1) is 15.9. The third-order valence-corrected chi connectivity index (χ3v) is 7.34. The Hall–Kier alpha value is -3.07. The van der Waals surface area contributed by atoms with Crippen molar-refractivity contribution in [2.45, 2.75) is 46.2 Å². The lowest BCUT2D eigenvalue weighted by Crippen LogP contribution is -2.27. The third-order valence-electron chi connectivity index (χ3n) is 6.17. The van der Waals surface area contributed by atoms with Gasteiger partial charge < -0.3 is 15.1 Å². The van der Waals surface area contributed by atoms with Crippen LogP contribution in [0.3, 0.4) is 0 Å². The Bertz CT molecular complexity index is 1210. The molecule has 1 atom stereocenters. The third kappa shape index (κ3) is 4.89. The number of fused-ring (bicyclic) bond motifs is 1. The number of furan rings is 1. The second-order valence-electron chi connectivity index (χ2n) is 9.44. The minimum Gasteiger partial charge on any atom is -0.459 e. The van der Waals surface area contributed by atoms with Crippen molar-refractivity contribution < 1.29 is 27.2 Å². The molecule has 5 nitrogen and oxygen atoms in total. The maximum atomic E-state index is 13.5. The summed E-state index contributed by atoms with van der Waals surface area (Å²) < 4.78 is 45.5. The summed E-state index contributed by atoms with van der Waals surface area (Å²) in [5, 5.41) is 5.48. The second kappa shape index (κ2) is 8.94. The summed E-state index contributed by atoms with van der Waals surface area (Å²) in [7, 11) is 0. The van der Waals surface area contributed by atoms with Crippen LogP contribution >= 0.6 is 11.3 Å². The molecule has 1 aliphatic rings. The lowest BCUT2D eigenvalue weighted by Gasteiger charge is -2.33. The average molecular weight is 491 g/mol. The molecule has 0 radical (unpaired) electrons. The van der Waals surface area contributed by atoms with Gasteiger partial charge in [0.25, 0.3) is 11.8 Å². The van der Waals surface area contributed by atoms with E-state index in [1.54, 1.807) is 6.07 Å². The van der Waals surface area contributed by atoms with Gasteiger partial charge in [-0.05, 0) is 60.4 Å². The summed E-state index contributed by atoms with van der Waals surface area (Å²) >= 11 is 1.30. The Labute approximate surface area is 199 Å². The summed E-state index contributed by atoms with van der Waals surface area (Å²) in [6.07, 6.45) is -1.07. The summed E-state index contributed by atoms with van der Waals surface area (Å²) in [5.74, 6) is -0.749. The fourth-order valence-corrected chi connectivity index (χ4v) is 5.57. The van der Waals surface area contributed by atoms with E-state index in [4.69, 9.17) is 4.42 Å². The van der Waals surface area contributed by atoms with Crippen molar-refractivity contribution in [1.29, 1.82) is 0 Å². The van der Waals surface area contributed by atoms with Crippen LogP contribution in [0.2, 0.25) is 0 Å². The van der Waals surface area contributed by atoms with E-state index in [-0.39, 0.29) is 22.4 Å². The van der Waals surface area contributed by atoms with Crippen molar-refractivity contribution in [3.63, 3.8) is 0 Å². The van der Waals surface area contributed by atoms with Gasteiger partial charge in [-0.15, -0.1) is 11.3 Å². The molecule has 0 spiro atoms. The quantitative estimate of drug-likeness (QED) is 0.413. The summed E-state index contributed by atoms with van der Waals surface area (Å²) in [6.45, 7) is 6.49. The largest absolute Gasteiger partial charge is 0.459 e. The normalized spacial score (nSPS) is 16.1. The van der Waals surface area contributed by atoms with Crippen LogP contribution in [0.1, 0.15) is 64.1 Å². The first-order valence-corrected chi connectivity index (χ1v) is 11.7. The van der Waals surface area contributed by atoms with E-state index < -0.39 is 23.6 Å². The Kier molecular flexibility index (Phi) is 6.33. The highest BCUT2D eigenvalue weighted by atomic mass is 32.1. The molecule has 34 heavy (non-hydrogen) atoms.